The zero-order chi connectivity index (χ0) is 21.1. The number of rotatable bonds is 6. The molecule has 2 atom stereocenters. The van der Waals surface area contributed by atoms with Gasteiger partial charge in [-0.05, 0) is 0 Å². The monoisotopic (exact) mass is 469 g/mol. The Bertz CT molecular complexity index is 655. The molecule has 0 amide bonds. The first-order chi connectivity index (χ1) is 11.9. The fourth-order valence-electron chi connectivity index (χ4n) is 4.76. The molecule has 0 bridgehead atoms. The van der Waals surface area contributed by atoms with Crippen LogP contribution in [0.4, 0.5) is 0 Å². The molecule has 2 aliphatic rings. The molecule has 151 valence electrons. The van der Waals surface area contributed by atoms with E-state index in [1.54, 1.807) is 0 Å². The van der Waals surface area contributed by atoms with Crippen LogP contribution in [0.25, 0.3) is 0 Å². The van der Waals surface area contributed by atoms with Gasteiger partial charge in [0.05, 0.1) is 0 Å². The van der Waals surface area contributed by atoms with Gasteiger partial charge in [0.2, 0.25) is 0 Å². The van der Waals surface area contributed by atoms with Crippen LogP contribution in [0.3, 0.4) is 0 Å². The molecule has 0 saturated heterocycles. The van der Waals surface area contributed by atoms with E-state index in [4.69, 9.17) is 0 Å². The SMILES string of the molecule is C[Si](C)(C)C1=CC=C[C]1([V][C]1([Si](C)(C)C)C=CC=C1[Si](C)(C)C)[Si](C)(C)C. The predicted molar refractivity (Wildman–Crippen MR) is 133 cm³/mol. The molecule has 0 N–H and O–H groups in total. The Hall–Kier alpha value is 0.412. The molecule has 0 spiro atoms. The van der Waals surface area contributed by atoms with Crippen LogP contribution >= 0.6 is 0 Å². The van der Waals surface area contributed by atoms with Crippen LogP contribution in [0, 0.1) is 0 Å². The summed E-state index contributed by atoms with van der Waals surface area (Å²) >= 11 is 0.140. The van der Waals surface area contributed by atoms with E-state index < -0.39 is 32.3 Å². The molecule has 5 heteroatoms. The summed E-state index contributed by atoms with van der Waals surface area (Å²) in [7, 11) is -5.59. The maximum atomic E-state index is 2.70. The molecule has 0 aromatic rings. The van der Waals surface area contributed by atoms with Crippen LogP contribution in [0.15, 0.2) is 46.8 Å². The van der Waals surface area contributed by atoms with Crippen LogP contribution in [0.2, 0.25) is 86.1 Å². The Kier molecular flexibility index (Phi) is 6.13. The quantitative estimate of drug-likeness (QED) is 0.347. The number of allylic oxidation sites excluding steroid dienone is 8. The van der Waals surface area contributed by atoms with Gasteiger partial charge in [-0.2, -0.15) is 0 Å². The summed E-state index contributed by atoms with van der Waals surface area (Å²) < 4.78 is 0.809. The summed E-state index contributed by atoms with van der Waals surface area (Å²) in [6.45, 7) is 31.3. The van der Waals surface area contributed by atoms with Gasteiger partial charge < -0.3 is 0 Å². The molecule has 0 aromatic heterocycles. The zero-order valence-electron chi connectivity index (χ0n) is 19.9. The average molecular weight is 470 g/mol. The Balaban J connectivity index is 2.73. The van der Waals surface area contributed by atoms with Crippen LogP contribution < -0.4 is 0 Å². The topological polar surface area (TPSA) is 0 Å². The minimum atomic E-state index is -1.43. The molecule has 0 aromatic carbocycles. The fraction of sp³-hybridized carbons (Fsp3) is 0.636. The van der Waals surface area contributed by atoms with E-state index in [9.17, 15) is 0 Å². The van der Waals surface area contributed by atoms with Crippen molar-refractivity contribution < 1.29 is 16.3 Å². The van der Waals surface area contributed by atoms with E-state index in [0.29, 0.717) is 7.50 Å². The first-order valence-electron chi connectivity index (χ1n) is 10.4. The van der Waals surface area contributed by atoms with Gasteiger partial charge in [-0.25, -0.2) is 0 Å². The van der Waals surface area contributed by atoms with Gasteiger partial charge in [0.15, 0.2) is 0 Å². The van der Waals surface area contributed by atoms with Crippen LogP contribution in [-0.4, -0.2) is 32.3 Å². The minimum absolute atomic E-state index is 0.140. The summed E-state index contributed by atoms with van der Waals surface area (Å²) in [6.07, 6.45) is 15.4. The van der Waals surface area contributed by atoms with Crippen molar-refractivity contribution in [1.29, 1.82) is 0 Å². The second-order valence-electron chi connectivity index (χ2n) is 12.5. The van der Waals surface area contributed by atoms with E-state index in [0.717, 1.165) is 0 Å². The molecular weight excluding hydrogens is 428 g/mol. The van der Waals surface area contributed by atoms with Crippen molar-refractivity contribution >= 4 is 32.3 Å². The van der Waals surface area contributed by atoms with Gasteiger partial charge in [-0.1, -0.05) is 0 Å². The van der Waals surface area contributed by atoms with Crippen molar-refractivity contribution in [2.24, 2.45) is 0 Å². The van der Waals surface area contributed by atoms with E-state index in [1.807, 2.05) is 10.4 Å². The van der Waals surface area contributed by atoms with E-state index >= 15 is 0 Å². The molecule has 0 saturated carbocycles. The molecular formula is C22H42Si4V. The Morgan fingerprint density at radius 2 is 0.852 bits per heavy atom. The standard InChI is InChI=1S/2C11H21Si2.V/c2*1-12(2,3)10-8-7-9-11(10)13(4,5)6;/h2*7-9H,1-6H3;. The van der Waals surface area contributed by atoms with E-state index in [1.165, 1.54) is 0 Å². The van der Waals surface area contributed by atoms with Gasteiger partial charge in [-0.3, -0.25) is 0 Å². The first-order valence-corrected chi connectivity index (χ1v) is 25.8. The first kappa shape index (κ1) is 23.7. The van der Waals surface area contributed by atoms with Crippen molar-refractivity contribution in [3.8, 4) is 0 Å². The third-order valence-electron chi connectivity index (χ3n) is 6.28. The maximum absolute atomic E-state index is 2.70. The van der Waals surface area contributed by atoms with Crippen LogP contribution in [0.5, 0.6) is 0 Å². The van der Waals surface area contributed by atoms with Gasteiger partial charge in [0.1, 0.15) is 0 Å². The summed E-state index contributed by atoms with van der Waals surface area (Å²) in [4.78, 5) is 0. The van der Waals surface area contributed by atoms with Gasteiger partial charge in [-0.15, -0.1) is 0 Å². The Morgan fingerprint density at radius 1 is 0.556 bits per heavy atom. The zero-order valence-corrected chi connectivity index (χ0v) is 25.3. The molecule has 2 rings (SSSR count). The van der Waals surface area contributed by atoms with Crippen molar-refractivity contribution in [2.45, 2.75) is 86.1 Å². The molecule has 0 heterocycles. The molecule has 27 heavy (non-hydrogen) atoms. The summed E-state index contributed by atoms with van der Waals surface area (Å²) in [5, 5.41) is 3.73. The van der Waals surface area contributed by atoms with Crippen molar-refractivity contribution in [3.63, 3.8) is 0 Å². The molecule has 0 aliphatic heterocycles. The third-order valence-corrected chi connectivity index (χ3v) is 26.8. The Morgan fingerprint density at radius 3 is 1.07 bits per heavy atom. The van der Waals surface area contributed by atoms with Gasteiger partial charge >= 0.3 is 182 Å². The fourth-order valence-corrected chi connectivity index (χ4v) is 27.2. The van der Waals surface area contributed by atoms with Crippen LogP contribution in [0.1, 0.15) is 0 Å². The van der Waals surface area contributed by atoms with Gasteiger partial charge in [0.25, 0.3) is 0 Å². The second kappa shape index (κ2) is 6.99. The van der Waals surface area contributed by atoms with Crippen molar-refractivity contribution in [3.05, 3.63) is 46.8 Å². The summed E-state index contributed by atoms with van der Waals surface area (Å²) in [6, 6.07) is 0. The van der Waals surface area contributed by atoms with E-state index in [2.05, 4.69) is 115 Å². The van der Waals surface area contributed by atoms with Crippen molar-refractivity contribution in [2.75, 3.05) is 0 Å². The van der Waals surface area contributed by atoms with Gasteiger partial charge in [0, 0.05) is 0 Å². The molecule has 2 unspecified atom stereocenters. The number of hydrogen-bond acceptors (Lipinski definition) is 0. The van der Waals surface area contributed by atoms with Crippen LogP contribution in [-0.2, 0) is 16.3 Å². The third kappa shape index (κ3) is 4.04. The molecule has 2 aliphatic carbocycles. The molecule has 0 nitrogen and oxygen atoms in total. The molecule has 0 fully saturated rings. The number of hydrogen-bond donors (Lipinski definition) is 0. The summed E-state index contributed by atoms with van der Waals surface area (Å²) in [5.41, 5.74) is 0. The summed E-state index contributed by atoms with van der Waals surface area (Å²) in [5.74, 6) is 0. The molecule has 0 radical (unpaired) electrons. The Labute approximate surface area is 180 Å². The average Bonchev–Trinajstić information content (AvgIpc) is 3.01. The second-order valence-corrected chi connectivity index (χ2v) is 37.1. The normalized spacial score (nSPS) is 29.2. The van der Waals surface area contributed by atoms with E-state index in [-0.39, 0.29) is 16.3 Å². The predicted octanol–water partition coefficient (Wildman–Crippen LogP) is 7.89. The van der Waals surface area contributed by atoms with Crippen molar-refractivity contribution in [1.82, 2.24) is 0 Å².